The summed E-state index contributed by atoms with van der Waals surface area (Å²) in [5, 5.41) is 10.6. The van der Waals surface area contributed by atoms with E-state index in [1.54, 1.807) is 6.92 Å². The zero-order valence-corrected chi connectivity index (χ0v) is 17.6. The molecule has 7 nitrogen and oxygen atoms in total. The molecule has 1 aromatic heterocycles. The van der Waals surface area contributed by atoms with E-state index < -0.39 is 0 Å². The van der Waals surface area contributed by atoms with Crippen LogP contribution >= 0.6 is 24.0 Å². The second-order valence-corrected chi connectivity index (χ2v) is 6.64. The predicted octanol–water partition coefficient (Wildman–Crippen LogP) is 2.32. The van der Waals surface area contributed by atoms with Crippen molar-refractivity contribution in [3.05, 3.63) is 11.7 Å². The smallest absolute Gasteiger partial charge is 0.223 e. The Labute approximate surface area is 162 Å². The molecule has 0 atom stereocenters. The first kappa shape index (κ1) is 21.1. The molecule has 1 saturated heterocycles. The fourth-order valence-electron chi connectivity index (χ4n) is 2.81. The van der Waals surface area contributed by atoms with Crippen molar-refractivity contribution >= 4 is 29.9 Å². The third-order valence-electron chi connectivity index (χ3n) is 4.19. The summed E-state index contributed by atoms with van der Waals surface area (Å²) >= 11 is 0. The number of aryl methyl sites for hydroxylation is 1. The lowest BCUT2D eigenvalue weighted by atomic mass is 9.98. The van der Waals surface area contributed by atoms with Gasteiger partial charge in [0, 0.05) is 25.6 Å². The molecule has 2 heterocycles. The van der Waals surface area contributed by atoms with Gasteiger partial charge in [-0.3, -0.25) is 4.90 Å². The van der Waals surface area contributed by atoms with E-state index in [4.69, 9.17) is 4.52 Å². The Kier molecular flexibility index (Phi) is 8.96. The Morgan fingerprint density at radius 1 is 1.25 bits per heavy atom. The van der Waals surface area contributed by atoms with E-state index >= 15 is 0 Å². The lowest BCUT2D eigenvalue weighted by Gasteiger charge is -2.41. The van der Waals surface area contributed by atoms with Gasteiger partial charge in [-0.1, -0.05) is 11.6 Å². The number of aliphatic imine (C=N–C) groups is 1. The van der Waals surface area contributed by atoms with Gasteiger partial charge in [0.1, 0.15) is 6.54 Å². The molecule has 0 spiro atoms. The second-order valence-electron chi connectivity index (χ2n) is 6.64. The van der Waals surface area contributed by atoms with Crippen LogP contribution in [0.5, 0.6) is 0 Å². The molecular weight excluding hydrogens is 419 g/mol. The molecule has 1 fully saturated rings. The minimum atomic E-state index is 0. The molecule has 0 aliphatic carbocycles. The highest BCUT2D eigenvalue weighted by Crippen LogP contribution is 2.19. The molecule has 0 unspecified atom stereocenters. The quantitative estimate of drug-likeness (QED) is 0.394. The van der Waals surface area contributed by atoms with E-state index in [1.165, 1.54) is 32.4 Å². The van der Waals surface area contributed by atoms with Crippen LogP contribution in [0.15, 0.2) is 9.52 Å². The van der Waals surface area contributed by atoms with E-state index in [0.717, 1.165) is 19.0 Å². The maximum absolute atomic E-state index is 4.97. The van der Waals surface area contributed by atoms with Crippen molar-refractivity contribution in [3.8, 4) is 0 Å². The second kappa shape index (κ2) is 10.2. The summed E-state index contributed by atoms with van der Waals surface area (Å²) < 4.78 is 4.97. The van der Waals surface area contributed by atoms with Crippen LogP contribution in [-0.2, 0) is 6.54 Å². The monoisotopic (exact) mass is 450 g/mol. The van der Waals surface area contributed by atoms with E-state index in [2.05, 4.69) is 51.4 Å². The Bertz CT molecular complexity index is 510. The van der Waals surface area contributed by atoms with Crippen LogP contribution in [0.3, 0.4) is 0 Å². The molecule has 1 aliphatic heterocycles. The molecule has 8 heteroatoms. The molecule has 138 valence electrons. The van der Waals surface area contributed by atoms with Gasteiger partial charge in [-0.25, -0.2) is 4.99 Å². The van der Waals surface area contributed by atoms with Gasteiger partial charge in [0.15, 0.2) is 11.8 Å². The highest BCUT2D eigenvalue weighted by Gasteiger charge is 2.27. The topological polar surface area (TPSA) is 78.6 Å². The third-order valence-corrected chi connectivity index (χ3v) is 4.19. The highest BCUT2D eigenvalue weighted by molar-refractivity contribution is 14.0. The summed E-state index contributed by atoms with van der Waals surface area (Å²) in [6.45, 7) is 12.9. The lowest BCUT2D eigenvalue weighted by molar-refractivity contribution is 0.0982. The van der Waals surface area contributed by atoms with Crippen LogP contribution in [0.25, 0.3) is 0 Å². The normalized spacial score (nSPS) is 16.6. The molecule has 2 N–H and O–H groups in total. The number of hydrogen-bond acceptors (Lipinski definition) is 5. The van der Waals surface area contributed by atoms with Crippen LogP contribution in [0.4, 0.5) is 0 Å². The minimum Gasteiger partial charge on any atom is -0.357 e. The number of likely N-dealkylation sites (tertiary alicyclic amines) is 1. The zero-order chi connectivity index (χ0) is 16.7. The average molecular weight is 450 g/mol. The van der Waals surface area contributed by atoms with Gasteiger partial charge in [-0.2, -0.15) is 4.98 Å². The first-order valence-electron chi connectivity index (χ1n) is 8.57. The Morgan fingerprint density at radius 3 is 2.54 bits per heavy atom. The Balaban J connectivity index is 0.00000288. The lowest BCUT2D eigenvalue weighted by Crippen LogP contribution is -2.54. The van der Waals surface area contributed by atoms with E-state index in [0.29, 0.717) is 18.3 Å². The molecule has 1 aromatic rings. The molecule has 0 amide bonds. The fourth-order valence-corrected chi connectivity index (χ4v) is 2.81. The van der Waals surface area contributed by atoms with Crippen LogP contribution < -0.4 is 10.6 Å². The zero-order valence-electron chi connectivity index (χ0n) is 15.3. The summed E-state index contributed by atoms with van der Waals surface area (Å²) in [5.41, 5.74) is 0.110. The van der Waals surface area contributed by atoms with Gasteiger partial charge in [0.25, 0.3) is 0 Å². The maximum atomic E-state index is 4.97. The molecule has 0 radical (unpaired) electrons. The number of nitrogens with zero attached hydrogens (tertiary/aromatic N) is 4. The van der Waals surface area contributed by atoms with Crippen LogP contribution in [0.2, 0.25) is 0 Å². The summed E-state index contributed by atoms with van der Waals surface area (Å²) in [7, 11) is 0. The summed E-state index contributed by atoms with van der Waals surface area (Å²) in [4.78, 5) is 11.3. The minimum absolute atomic E-state index is 0. The predicted molar refractivity (Wildman–Crippen MR) is 107 cm³/mol. The number of aromatic nitrogens is 2. The van der Waals surface area contributed by atoms with Gasteiger partial charge in [0.2, 0.25) is 5.89 Å². The standard InChI is InChI=1S/C16H30N6O.HI/c1-5-17-15(18-11-14-20-13(2)23-21-14)19-12-16(3,4)22-9-7-6-8-10-22;/h5-12H2,1-4H3,(H2,17,18,19);1H. The van der Waals surface area contributed by atoms with Crippen LogP contribution in [0, 0.1) is 6.92 Å². The van der Waals surface area contributed by atoms with Crippen LogP contribution in [0.1, 0.15) is 51.7 Å². The molecule has 2 rings (SSSR count). The molecule has 0 aromatic carbocycles. The van der Waals surface area contributed by atoms with E-state index in [1.807, 2.05) is 0 Å². The Hall–Kier alpha value is -0.900. The molecule has 0 bridgehead atoms. The van der Waals surface area contributed by atoms with Gasteiger partial charge in [0.05, 0.1) is 0 Å². The van der Waals surface area contributed by atoms with Gasteiger partial charge in [-0.15, -0.1) is 24.0 Å². The van der Waals surface area contributed by atoms with Gasteiger partial charge >= 0.3 is 0 Å². The SMILES string of the molecule is CCNC(=NCc1noc(C)n1)NCC(C)(C)N1CCCCC1.I. The van der Waals surface area contributed by atoms with Crippen LogP contribution in [-0.4, -0.2) is 52.7 Å². The van der Waals surface area contributed by atoms with Gasteiger partial charge < -0.3 is 15.2 Å². The van der Waals surface area contributed by atoms with Crippen molar-refractivity contribution in [2.45, 2.75) is 59.0 Å². The number of piperidine rings is 1. The highest BCUT2D eigenvalue weighted by atomic mass is 127. The van der Waals surface area contributed by atoms with Crippen molar-refractivity contribution in [2.24, 2.45) is 4.99 Å². The molecule has 1 aliphatic rings. The number of nitrogens with one attached hydrogen (secondary N) is 2. The van der Waals surface area contributed by atoms with Gasteiger partial charge in [-0.05, 0) is 46.7 Å². The van der Waals surface area contributed by atoms with E-state index in [9.17, 15) is 0 Å². The Morgan fingerprint density at radius 2 is 1.96 bits per heavy atom. The van der Waals surface area contributed by atoms with Crippen molar-refractivity contribution in [3.63, 3.8) is 0 Å². The number of halogens is 1. The van der Waals surface area contributed by atoms with Crippen molar-refractivity contribution in [1.82, 2.24) is 25.7 Å². The molecular formula is C16H31IN6O. The average Bonchev–Trinajstić information content (AvgIpc) is 2.96. The van der Waals surface area contributed by atoms with Crippen molar-refractivity contribution in [1.29, 1.82) is 0 Å². The largest absolute Gasteiger partial charge is 0.357 e. The van der Waals surface area contributed by atoms with Crippen molar-refractivity contribution < 1.29 is 4.52 Å². The summed E-state index contributed by atoms with van der Waals surface area (Å²) in [6, 6.07) is 0. The molecule has 24 heavy (non-hydrogen) atoms. The number of hydrogen-bond donors (Lipinski definition) is 2. The third kappa shape index (κ3) is 6.54. The van der Waals surface area contributed by atoms with Crippen molar-refractivity contribution in [2.75, 3.05) is 26.2 Å². The number of rotatable bonds is 6. The summed E-state index contributed by atoms with van der Waals surface area (Å²) in [5.74, 6) is 1.97. The summed E-state index contributed by atoms with van der Waals surface area (Å²) in [6.07, 6.45) is 3.96. The first-order chi connectivity index (χ1) is 11.0. The maximum Gasteiger partial charge on any atom is 0.223 e. The molecule has 0 saturated carbocycles. The fraction of sp³-hybridized carbons (Fsp3) is 0.812. The number of guanidine groups is 1. The first-order valence-corrected chi connectivity index (χ1v) is 8.57. The van der Waals surface area contributed by atoms with E-state index in [-0.39, 0.29) is 29.5 Å².